The molecule has 2 fully saturated rings. The molecule has 0 aliphatic carbocycles. The Bertz CT molecular complexity index is 623. The number of ether oxygens (including phenoxy) is 5. The fourth-order valence-corrected chi connectivity index (χ4v) is 3.74. The smallest absolute Gasteiger partial charge is 0.401 e. The zero-order chi connectivity index (χ0) is 21.2. The molecular weight excluding hydrogens is 384 g/mol. The Labute approximate surface area is 180 Å². The van der Waals surface area contributed by atoms with Crippen LogP contribution < -0.4 is 4.74 Å². The van der Waals surface area contributed by atoms with E-state index in [1.54, 1.807) is 12.1 Å². The van der Waals surface area contributed by atoms with Crippen molar-refractivity contribution in [3.63, 3.8) is 0 Å². The quantitative estimate of drug-likeness (QED) is 0.175. The lowest BCUT2D eigenvalue weighted by Crippen LogP contribution is -2.27. The molecule has 2 saturated heterocycles. The number of carbonyl (C=O) groups is 1. The van der Waals surface area contributed by atoms with Crippen molar-refractivity contribution in [2.24, 2.45) is 5.92 Å². The molecule has 1 aromatic rings. The highest BCUT2D eigenvalue weighted by atomic mass is 16.8. The van der Waals surface area contributed by atoms with E-state index in [1.807, 2.05) is 12.1 Å². The van der Waals surface area contributed by atoms with Gasteiger partial charge in [-0.3, -0.25) is 0 Å². The number of epoxide rings is 1. The third-order valence-corrected chi connectivity index (χ3v) is 5.61. The molecule has 2 aliphatic heterocycles. The summed E-state index contributed by atoms with van der Waals surface area (Å²) in [5.74, 6) is 0.902. The Hall–Kier alpha value is -1.63. The minimum Gasteiger partial charge on any atom is -0.401 e. The second-order valence-corrected chi connectivity index (χ2v) is 8.29. The molecule has 0 unspecified atom stereocenters. The molecule has 0 bridgehead atoms. The molecule has 30 heavy (non-hydrogen) atoms. The zero-order valence-electron chi connectivity index (χ0n) is 18.3. The third-order valence-electron chi connectivity index (χ3n) is 5.61. The van der Waals surface area contributed by atoms with Crippen LogP contribution in [0.2, 0.25) is 0 Å². The second kappa shape index (κ2) is 12.3. The normalized spacial score (nSPS) is 25.7. The van der Waals surface area contributed by atoms with Crippen molar-refractivity contribution in [3.8, 4) is 5.75 Å². The van der Waals surface area contributed by atoms with E-state index in [-0.39, 0.29) is 12.4 Å². The number of carbonyl (C=O) groups excluding carboxylic acids is 1. The van der Waals surface area contributed by atoms with Crippen LogP contribution in [0.25, 0.3) is 0 Å². The summed E-state index contributed by atoms with van der Waals surface area (Å²) in [5, 5.41) is 0. The number of benzene rings is 1. The maximum atomic E-state index is 11.8. The maximum Gasteiger partial charge on any atom is 0.516 e. The maximum absolute atomic E-state index is 11.8. The molecule has 2 aliphatic rings. The molecule has 0 radical (unpaired) electrons. The van der Waals surface area contributed by atoms with Crippen LogP contribution in [0.4, 0.5) is 4.79 Å². The van der Waals surface area contributed by atoms with Crippen LogP contribution >= 0.6 is 0 Å². The van der Waals surface area contributed by atoms with Crippen LogP contribution in [-0.2, 0) is 18.9 Å². The molecule has 2 heterocycles. The van der Waals surface area contributed by atoms with Gasteiger partial charge in [-0.1, -0.05) is 70.9 Å². The van der Waals surface area contributed by atoms with Crippen LogP contribution in [0.15, 0.2) is 24.3 Å². The van der Waals surface area contributed by atoms with E-state index in [4.69, 9.17) is 23.7 Å². The van der Waals surface area contributed by atoms with Gasteiger partial charge in [-0.2, -0.15) is 0 Å². The molecule has 6 nitrogen and oxygen atoms in total. The lowest BCUT2D eigenvalue weighted by atomic mass is 10.0. The summed E-state index contributed by atoms with van der Waals surface area (Å²) in [6.07, 6.45) is 9.35. The predicted octanol–water partition coefficient (Wildman–Crippen LogP) is 6.14. The standard InChI is InChI=1S/C24H36O6/c1-3-5-6-7-8-9-11-18-16-26-22(27-17-18)19-12-14-20(15-13-19)28-24(25)30-23-21(29-23)10-4-2/h12-15,18,21-23H,3-11,16-17H2,1-2H3/t18?,21-,22?,23-/m1/s1. The Morgan fingerprint density at radius 3 is 2.33 bits per heavy atom. The van der Waals surface area contributed by atoms with Gasteiger partial charge in [0.25, 0.3) is 0 Å². The molecular formula is C24H36O6. The molecule has 3 rings (SSSR count). The van der Waals surface area contributed by atoms with Crippen molar-refractivity contribution in [2.75, 3.05) is 13.2 Å². The summed E-state index contributed by atoms with van der Waals surface area (Å²) >= 11 is 0. The SMILES string of the molecule is CCCCCCCCC1COC(c2ccc(OC(=O)O[C@H]3O[C@@H]3CCC)cc2)OC1. The third kappa shape index (κ3) is 7.56. The van der Waals surface area contributed by atoms with Gasteiger partial charge in [-0.25, -0.2) is 4.79 Å². The highest BCUT2D eigenvalue weighted by Gasteiger charge is 2.42. The molecule has 0 N–H and O–H groups in total. The predicted molar refractivity (Wildman–Crippen MR) is 113 cm³/mol. The summed E-state index contributed by atoms with van der Waals surface area (Å²) in [6, 6.07) is 7.16. The molecule has 6 heteroatoms. The van der Waals surface area contributed by atoms with Crippen LogP contribution in [0.1, 0.15) is 83.5 Å². The van der Waals surface area contributed by atoms with Crippen LogP contribution in [-0.4, -0.2) is 31.8 Å². The summed E-state index contributed by atoms with van der Waals surface area (Å²) < 4.78 is 27.4. The zero-order valence-corrected chi connectivity index (χ0v) is 18.3. The molecule has 1 aromatic carbocycles. The molecule has 0 spiro atoms. The average molecular weight is 421 g/mol. The fourth-order valence-electron chi connectivity index (χ4n) is 3.74. The number of hydrogen-bond acceptors (Lipinski definition) is 6. The van der Waals surface area contributed by atoms with Crippen LogP contribution in [0.3, 0.4) is 0 Å². The van der Waals surface area contributed by atoms with E-state index in [9.17, 15) is 4.79 Å². The number of rotatable bonds is 12. The highest BCUT2D eigenvalue weighted by molar-refractivity contribution is 5.64. The van der Waals surface area contributed by atoms with Gasteiger partial charge in [0.2, 0.25) is 6.29 Å². The van der Waals surface area contributed by atoms with Crippen molar-refractivity contribution in [2.45, 2.75) is 90.3 Å². The van der Waals surface area contributed by atoms with Gasteiger partial charge in [-0.15, -0.1) is 0 Å². The van der Waals surface area contributed by atoms with E-state index in [1.165, 1.54) is 38.5 Å². The summed E-state index contributed by atoms with van der Waals surface area (Å²) in [5.41, 5.74) is 0.919. The monoisotopic (exact) mass is 420 g/mol. The lowest BCUT2D eigenvalue weighted by molar-refractivity contribution is -0.206. The van der Waals surface area contributed by atoms with E-state index in [0.717, 1.165) is 38.0 Å². The summed E-state index contributed by atoms with van der Waals surface area (Å²) in [4.78, 5) is 11.8. The largest absolute Gasteiger partial charge is 0.516 e. The van der Waals surface area contributed by atoms with Crippen molar-refractivity contribution < 1.29 is 28.5 Å². The van der Waals surface area contributed by atoms with Crippen LogP contribution in [0.5, 0.6) is 5.75 Å². The minimum absolute atomic E-state index is 0.00964. The van der Waals surface area contributed by atoms with Gasteiger partial charge < -0.3 is 23.7 Å². The van der Waals surface area contributed by atoms with Gasteiger partial charge in [-0.05, 0) is 25.0 Å². The Morgan fingerprint density at radius 2 is 1.63 bits per heavy atom. The van der Waals surface area contributed by atoms with Crippen molar-refractivity contribution in [1.82, 2.24) is 0 Å². The Kier molecular flexibility index (Phi) is 9.43. The topological polar surface area (TPSA) is 66.5 Å². The first kappa shape index (κ1) is 23.0. The number of hydrogen-bond donors (Lipinski definition) is 0. The van der Waals surface area contributed by atoms with Crippen LogP contribution in [0, 0.1) is 5.92 Å². The summed E-state index contributed by atoms with van der Waals surface area (Å²) in [6.45, 7) is 5.76. The van der Waals surface area contributed by atoms with Gasteiger partial charge in [0.1, 0.15) is 11.9 Å². The lowest BCUT2D eigenvalue weighted by Gasteiger charge is -2.29. The molecule has 0 saturated carbocycles. The summed E-state index contributed by atoms with van der Waals surface area (Å²) in [7, 11) is 0. The van der Waals surface area contributed by atoms with Gasteiger partial charge in [0.15, 0.2) is 6.29 Å². The highest BCUT2D eigenvalue weighted by Crippen LogP contribution is 2.30. The van der Waals surface area contributed by atoms with Gasteiger partial charge in [0.05, 0.1) is 13.2 Å². The molecule has 2 atom stereocenters. The van der Waals surface area contributed by atoms with E-state index in [0.29, 0.717) is 11.7 Å². The Morgan fingerprint density at radius 1 is 0.933 bits per heavy atom. The molecule has 168 valence electrons. The first-order valence-electron chi connectivity index (χ1n) is 11.6. The van der Waals surface area contributed by atoms with Crippen molar-refractivity contribution in [1.29, 1.82) is 0 Å². The number of unbranched alkanes of at least 4 members (excludes halogenated alkanes) is 5. The van der Waals surface area contributed by atoms with Crippen molar-refractivity contribution >= 4 is 6.16 Å². The fraction of sp³-hybridized carbons (Fsp3) is 0.708. The first-order valence-corrected chi connectivity index (χ1v) is 11.6. The minimum atomic E-state index is -0.742. The van der Waals surface area contributed by atoms with Gasteiger partial charge in [0, 0.05) is 11.5 Å². The average Bonchev–Trinajstić information content (AvgIpc) is 3.49. The van der Waals surface area contributed by atoms with Crippen molar-refractivity contribution in [3.05, 3.63) is 29.8 Å². The van der Waals surface area contributed by atoms with E-state index in [2.05, 4.69) is 13.8 Å². The second-order valence-electron chi connectivity index (χ2n) is 8.29. The molecule has 0 amide bonds. The van der Waals surface area contributed by atoms with E-state index >= 15 is 0 Å². The Balaban J connectivity index is 1.32. The molecule has 0 aromatic heterocycles. The van der Waals surface area contributed by atoms with Gasteiger partial charge >= 0.3 is 6.16 Å². The first-order chi connectivity index (χ1) is 14.7. The van der Waals surface area contributed by atoms with E-state index < -0.39 is 12.4 Å².